The Balaban J connectivity index is 2.62. The van der Waals surface area contributed by atoms with Gasteiger partial charge in [-0.3, -0.25) is 4.79 Å². The van der Waals surface area contributed by atoms with Crippen molar-refractivity contribution >= 4 is 5.97 Å². The molecule has 0 spiro atoms. The third kappa shape index (κ3) is 3.61. The van der Waals surface area contributed by atoms with Gasteiger partial charge in [0.25, 0.3) is 0 Å². The summed E-state index contributed by atoms with van der Waals surface area (Å²) in [4.78, 5) is 11.6. The molecule has 1 aliphatic rings. The molecule has 0 aromatic heterocycles. The van der Waals surface area contributed by atoms with E-state index in [1.54, 1.807) is 26.8 Å². The van der Waals surface area contributed by atoms with Crippen LogP contribution in [0.25, 0.3) is 0 Å². The molecule has 0 aromatic carbocycles. The number of ether oxygens (including phenoxy) is 1. The number of hydrogen-bond acceptors (Lipinski definition) is 4. The van der Waals surface area contributed by atoms with Gasteiger partial charge in [0.15, 0.2) is 0 Å². The van der Waals surface area contributed by atoms with Crippen LogP contribution in [-0.4, -0.2) is 33.5 Å². The molecule has 0 aromatic rings. The molecule has 0 heterocycles. The van der Waals surface area contributed by atoms with Gasteiger partial charge >= 0.3 is 5.97 Å². The monoisotopic (exact) mass is 228 g/mol. The highest BCUT2D eigenvalue weighted by atomic mass is 16.6. The highest BCUT2D eigenvalue weighted by Gasteiger charge is 2.38. The molecule has 1 aliphatic carbocycles. The third-order valence-electron chi connectivity index (χ3n) is 2.44. The molecule has 0 saturated heterocycles. The summed E-state index contributed by atoms with van der Waals surface area (Å²) in [6, 6.07) is 0. The molecule has 2 N–H and O–H groups in total. The maximum atomic E-state index is 11.6. The van der Waals surface area contributed by atoms with Crippen LogP contribution in [0, 0.1) is 0 Å². The Morgan fingerprint density at radius 2 is 2.19 bits per heavy atom. The lowest BCUT2D eigenvalue weighted by atomic mass is 9.85. The van der Waals surface area contributed by atoms with E-state index in [1.165, 1.54) is 6.08 Å². The summed E-state index contributed by atoms with van der Waals surface area (Å²) in [5.74, 6) is -0.499. The fourth-order valence-corrected chi connectivity index (χ4v) is 1.69. The molecular formula is C12H20O4. The largest absolute Gasteiger partial charge is 0.460 e. The average molecular weight is 228 g/mol. The minimum Gasteiger partial charge on any atom is -0.460 e. The van der Waals surface area contributed by atoms with Crippen molar-refractivity contribution < 1.29 is 19.7 Å². The Bertz CT molecular complexity index is 290. The molecule has 2 atom stereocenters. The van der Waals surface area contributed by atoms with Gasteiger partial charge in [-0.2, -0.15) is 0 Å². The number of aliphatic hydroxyl groups excluding tert-OH is 1. The van der Waals surface area contributed by atoms with E-state index in [-0.39, 0.29) is 6.42 Å². The Labute approximate surface area is 95.9 Å². The summed E-state index contributed by atoms with van der Waals surface area (Å²) in [5, 5.41) is 19.7. The number of esters is 1. The topological polar surface area (TPSA) is 66.8 Å². The predicted octanol–water partition coefficient (Wildman–Crippen LogP) is 1.16. The standard InChI is InChI=1S/C12H20O4/c1-11(2,3)16-10(14)8-12(15)7-5-4-6-9(12)13/h5,7,9,13,15H,4,6,8H2,1-3H3. The minimum absolute atomic E-state index is 0.206. The van der Waals surface area contributed by atoms with Gasteiger partial charge < -0.3 is 14.9 Å². The molecule has 0 radical (unpaired) electrons. The van der Waals surface area contributed by atoms with Crippen molar-refractivity contribution in [2.45, 2.75) is 57.3 Å². The second-order valence-electron chi connectivity index (χ2n) is 5.25. The first kappa shape index (κ1) is 13.2. The van der Waals surface area contributed by atoms with Crippen LogP contribution in [0.15, 0.2) is 12.2 Å². The maximum Gasteiger partial charge on any atom is 0.309 e. The van der Waals surface area contributed by atoms with Crippen LogP contribution in [0.4, 0.5) is 0 Å². The summed E-state index contributed by atoms with van der Waals surface area (Å²) in [7, 11) is 0. The summed E-state index contributed by atoms with van der Waals surface area (Å²) < 4.78 is 5.11. The van der Waals surface area contributed by atoms with Crippen LogP contribution < -0.4 is 0 Å². The average Bonchev–Trinajstić information content (AvgIpc) is 2.06. The molecule has 0 aliphatic heterocycles. The molecular weight excluding hydrogens is 208 g/mol. The normalized spacial score (nSPS) is 30.2. The highest BCUT2D eigenvalue weighted by molar-refractivity contribution is 5.71. The molecule has 0 amide bonds. The van der Waals surface area contributed by atoms with E-state index in [2.05, 4.69) is 0 Å². The number of aliphatic hydroxyl groups is 2. The number of allylic oxidation sites excluding steroid dienone is 1. The fourth-order valence-electron chi connectivity index (χ4n) is 1.69. The van der Waals surface area contributed by atoms with E-state index in [4.69, 9.17) is 4.74 Å². The second-order valence-corrected chi connectivity index (χ2v) is 5.25. The van der Waals surface area contributed by atoms with Gasteiger partial charge in [0.05, 0.1) is 12.5 Å². The van der Waals surface area contributed by atoms with E-state index < -0.39 is 23.3 Å². The summed E-state index contributed by atoms with van der Waals surface area (Å²) >= 11 is 0. The molecule has 4 nitrogen and oxygen atoms in total. The van der Waals surface area contributed by atoms with Crippen molar-refractivity contribution in [2.75, 3.05) is 0 Å². The van der Waals surface area contributed by atoms with Crippen molar-refractivity contribution in [3.05, 3.63) is 12.2 Å². The Kier molecular flexibility index (Phi) is 3.76. The van der Waals surface area contributed by atoms with E-state index in [9.17, 15) is 15.0 Å². The fraction of sp³-hybridized carbons (Fsp3) is 0.750. The first-order valence-corrected chi connectivity index (χ1v) is 5.53. The summed E-state index contributed by atoms with van der Waals surface area (Å²) in [6.07, 6.45) is 3.35. The minimum atomic E-state index is -1.47. The van der Waals surface area contributed by atoms with Gasteiger partial charge in [0, 0.05) is 0 Å². The lowest BCUT2D eigenvalue weighted by Gasteiger charge is -2.32. The van der Waals surface area contributed by atoms with Crippen molar-refractivity contribution in [1.82, 2.24) is 0 Å². The van der Waals surface area contributed by atoms with Gasteiger partial charge in [0.2, 0.25) is 0 Å². The molecule has 0 saturated carbocycles. The van der Waals surface area contributed by atoms with Crippen LogP contribution in [0.3, 0.4) is 0 Å². The SMILES string of the molecule is CC(C)(C)OC(=O)CC1(O)C=CCCC1O. The van der Waals surface area contributed by atoms with E-state index in [0.29, 0.717) is 6.42 Å². The lowest BCUT2D eigenvalue weighted by molar-refractivity contribution is -0.162. The number of rotatable bonds is 2. The molecule has 92 valence electrons. The molecule has 1 rings (SSSR count). The van der Waals surface area contributed by atoms with Crippen molar-refractivity contribution in [1.29, 1.82) is 0 Å². The van der Waals surface area contributed by atoms with Crippen molar-refractivity contribution in [2.24, 2.45) is 0 Å². The smallest absolute Gasteiger partial charge is 0.309 e. The van der Waals surface area contributed by atoms with Crippen LogP contribution in [-0.2, 0) is 9.53 Å². The molecule has 16 heavy (non-hydrogen) atoms. The quantitative estimate of drug-likeness (QED) is 0.550. The Morgan fingerprint density at radius 3 is 2.69 bits per heavy atom. The zero-order chi connectivity index (χ0) is 12.4. The first-order valence-electron chi connectivity index (χ1n) is 5.53. The number of hydrogen-bond donors (Lipinski definition) is 2. The summed E-state index contributed by atoms with van der Waals surface area (Å²) in [6.45, 7) is 5.30. The van der Waals surface area contributed by atoms with E-state index in [1.807, 2.05) is 0 Å². The molecule has 0 bridgehead atoms. The van der Waals surface area contributed by atoms with E-state index in [0.717, 1.165) is 6.42 Å². The highest BCUT2D eigenvalue weighted by Crippen LogP contribution is 2.27. The molecule has 4 heteroatoms. The zero-order valence-electron chi connectivity index (χ0n) is 10.1. The van der Waals surface area contributed by atoms with Crippen molar-refractivity contribution in [3.63, 3.8) is 0 Å². The van der Waals surface area contributed by atoms with Gasteiger partial charge in [-0.15, -0.1) is 0 Å². The molecule has 0 fully saturated rings. The van der Waals surface area contributed by atoms with Crippen molar-refractivity contribution in [3.8, 4) is 0 Å². The second kappa shape index (κ2) is 4.55. The van der Waals surface area contributed by atoms with Gasteiger partial charge in [0.1, 0.15) is 11.2 Å². The van der Waals surface area contributed by atoms with Crippen LogP contribution >= 0.6 is 0 Å². The number of carbonyl (C=O) groups is 1. The van der Waals surface area contributed by atoms with Crippen LogP contribution in [0.2, 0.25) is 0 Å². The molecule has 2 unspecified atom stereocenters. The first-order chi connectivity index (χ1) is 7.23. The lowest BCUT2D eigenvalue weighted by Crippen LogP contribution is -2.45. The summed E-state index contributed by atoms with van der Waals surface area (Å²) in [5.41, 5.74) is -2.04. The Morgan fingerprint density at radius 1 is 1.56 bits per heavy atom. The maximum absolute atomic E-state index is 11.6. The van der Waals surface area contributed by atoms with Gasteiger partial charge in [-0.25, -0.2) is 0 Å². The van der Waals surface area contributed by atoms with Gasteiger partial charge in [-0.05, 0) is 33.6 Å². The third-order valence-corrected chi connectivity index (χ3v) is 2.44. The van der Waals surface area contributed by atoms with Gasteiger partial charge in [-0.1, -0.05) is 12.2 Å². The number of carbonyl (C=O) groups excluding carboxylic acids is 1. The van der Waals surface area contributed by atoms with E-state index >= 15 is 0 Å². The predicted molar refractivity (Wildman–Crippen MR) is 59.8 cm³/mol. The zero-order valence-corrected chi connectivity index (χ0v) is 10.1. The Hall–Kier alpha value is -0.870. The van der Waals surface area contributed by atoms with Crippen LogP contribution in [0.5, 0.6) is 0 Å². The van der Waals surface area contributed by atoms with Crippen LogP contribution in [0.1, 0.15) is 40.0 Å².